The quantitative estimate of drug-likeness (QED) is 0.260. The van der Waals surface area contributed by atoms with Crippen molar-refractivity contribution >= 4 is 62.0 Å². The van der Waals surface area contributed by atoms with Gasteiger partial charge in [-0.25, -0.2) is 0 Å². The molecule has 1 aromatic heterocycles. The SMILES string of the molecule is Cc1cc(C)c(B2c3ccccc3N3c4c2cccc4-n2c4ccccc4c4cccc3c42)c(C)c1. The Labute approximate surface area is 211 Å². The van der Waals surface area contributed by atoms with Crippen LogP contribution in [0.5, 0.6) is 0 Å². The maximum Gasteiger partial charge on any atom is 0.247 e. The lowest BCUT2D eigenvalue weighted by Crippen LogP contribution is -2.59. The van der Waals surface area contributed by atoms with E-state index in [-0.39, 0.29) is 6.71 Å². The molecule has 36 heavy (non-hydrogen) atoms. The van der Waals surface area contributed by atoms with Gasteiger partial charge in [0.2, 0.25) is 6.71 Å². The number of anilines is 3. The van der Waals surface area contributed by atoms with Gasteiger partial charge in [-0.1, -0.05) is 94.9 Å². The molecule has 0 saturated carbocycles. The molecule has 3 heterocycles. The number of nitrogens with zero attached hydrogens (tertiary/aromatic N) is 2. The molecule has 8 rings (SSSR count). The van der Waals surface area contributed by atoms with E-state index in [1.807, 2.05) is 0 Å². The molecular formula is C33H25BN2. The fourth-order valence-electron chi connectivity index (χ4n) is 7.07. The number of para-hydroxylation sites is 4. The van der Waals surface area contributed by atoms with Gasteiger partial charge >= 0.3 is 0 Å². The Balaban J connectivity index is 1.56. The zero-order valence-electron chi connectivity index (χ0n) is 20.7. The third-order valence-corrected chi connectivity index (χ3v) is 8.25. The maximum atomic E-state index is 2.52. The molecule has 0 spiro atoms. The van der Waals surface area contributed by atoms with Crippen LogP contribution in [0.4, 0.5) is 17.1 Å². The molecule has 2 aliphatic heterocycles. The molecule has 0 saturated heterocycles. The molecule has 0 bridgehead atoms. The predicted octanol–water partition coefficient (Wildman–Crippen LogP) is 6.32. The van der Waals surface area contributed by atoms with Crippen LogP contribution < -0.4 is 21.3 Å². The normalized spacial score (nSPS) is 13.3. The van der Waals surface area contributed by atoms with Crippen molar-refractivity contribution in [3.05, 3.63) is 114 Å². The van der Waals surface area contributed by atoms with Crippen LogP contribution in [0.25, 0.3) is 27.5 Å². The van der Waals surface area contributed by atoms with Crippen molar-refractivity contribution < 1.29 is 0 Å². The number of hydrogen-bond donors (Lipinski definition) is 0. The molecular weight excluding hydrogens is 435 g/mol. The summed E-state index contributed by atoms with van der Waals surface area (Å²) in [5.41, 5.74) is 15.9. The van der Waals surface area contributed by atoms with Gasteiger partial charge in [-0.05, 0) is 56.0 Å². The number of benzene rings is 5. The average molecular weight is 460 g/mol. The maximum absolute atomic E-state index is 2.52. The smallest absolute Gasteiger partial charge is 0.247 e. The fraction of sp³-hybridized carbons (Fsp3) is 0.0909. The molecule has 5 aromatic carbocycles. The first-order valence-electron chi connectivity index (χ1n) is 12.8. The van der Waals surface area contributed by atoms with Gasteiger partial charge in [-0.2, -0.15) is 0 Å². The van der Waals surface area contributed by atoms with E-state index in [0.29, 0.717) is 0 Å². The van der Waals surface area contributed by atoms with E-state index in [2.05, 4.69) is 127 Å². The van der Waals surface area contributed by atoms with Gasteiger partial charge in [-0.3, -0.25) is 0 Å². The van der Waals surface area contributed by atoms with Crippen LogP contribution in [0.1, 0.15) is 16.7 Å². The van der Waals surface area contributed by atoms with E-state index in [9.17, 15) is 0 Å². The van der Waals surface area contributed by atoms with E-state index in [1.165, 1.54) is 77.6 Å². The summed E-state index contributed by atoms with van der Waals surface area (Å²) in [5.74, 6) is 0. The summed E-state index contributed by atoms with van der Waals surface area (Å²) >= 11 is 0. The standard InChI is InChI=1S/C33H25BN2/c1-20-18-21(2)31(22(3)19-20)34-25-12-5-7-15-28(25)36-29-16-8-11-24-23-10-4-6-14-27(23)35(32(24)29)30-17-9-13-26(34)33(30)36/h4-19H,1-3H3. The van der Waals surface area contributed by atoms with Gasteiger partial charge in [0.25, 0.3) is 0 Å². The molecule has 170 valence electrons. The van der Waals surface area contributed by atoms with Crippen molar-refractivity contribution in [1.29, 1.82) is 0 Å². The topological polar surface area (TPSA) is 8.17 Å². The van der Waals surface area contributed by atoms with E-state index < -0.39 is 0 Å². The van der Waals surface area contributed by atoms with Gasteiger partial charge in [0.05, 0.1) is 28.1 Å². The summed E-state index contributed by atoms with van der Waals surface area (Å²) in [5, 5.41) is 2.62. The molecule has 2 nitrogen and oxygen atoms in total. The number of hydrogen-bond acceptors (Lipinski definition) is 1. The highest BCUT2D eigenvalue weighted by molar-refractivity contribution is 6.98. The van der Waals surface area contributed by atoms with Gasteiger partial charge in [0.15, 0.2) is 0 Å². The first-order valence-corrected chi connectivity index (χ1v) is 12.8. The highest BCUT2D eigenvalue weighted by Gasteiger charge is 2.40. The minimum absolute atomic E-state index is 0.190. The molecule has 0 radical (unpaired) electrons. The number of fused-ring (bicyclic) bond motifs is 7. The van der Waals surface area contributed by atoms with Crippen molar-refractivity contribution in [3.8, 4) is 5.69 Å². The van der Waals surface area contributed by atoms with Crippen molar-refractivity contribution in [2.75, 3.05) is 4.90 Å². The second-order valence-electron chi connectivity index (χ2n) is 10.4. The molecule has 0 aliphatic carbocycles. The van der Waals surface area contributed by atoms with E-state index >= 15 is 0 Å². The molecule has 6 aromatic rings. The number of rotatable bonds is 1. The zero-order valence-corrected chi connectivity index (χ0v) is 20.7. The Morgan fingerprint density at radius 1 is 0.583 bits per heavy atom. The van der Waals surface area contributed by atoms with Crippen LogP contribution in [0, 0.1) is 20.8 Å². The lowest BCUT2D eigenvalue weighted by molar-refractivity contribution is 1.12. The van der Waals surface area contributed by atoms with Crippen LogP contribution in [-0.4, -0.2) is 11.3 Å². The van der Waals surface area contributed by atoms with Gasteiger partial charge in [0, 0.05) is 16.5 Å². The molecule has 0 atom stereocenters. The second kappa shape index (κ2) is 6.92. The summed E-state index contributed by atoms with van der Waals surface area (Å²) < 4.78 is 2.50. The summed E-state index contributed by atoms with van der Waals surface area (Å²) in [7, 11) is 0. The van der Waals surface area contributed by atoms with Crippen LogP contribution >= 0.6 is 0 Å². The number of aromatic nitrogens is 1. The predicted molar refractivity (Wildman–Crippen MR) is 154 cm³/mol. The van der Waals surface area contributed by atoms with Crippen molar-refractivity contribution in [2.24, 2.45) is 0 Å². The zero-order chi connectivity index (χ0) is 24.1. The monoisotopic (exact) mass is 460 g/mol. The molecule has 0 N–H and O–H groups in total. The average Bonchev–Trinajstić information content (AvgIpc) is 3.22. The molecule has 3 heteroatoms. The Morgan fingerprint density at radius 2 is 1.22 bits per heavy atom. The molecule has 0 fully saturated rings. The van der Waals surface area contributed by atoms with Crippen molar-refractivity contribution in [2.45, 2.75) is 20.8 Å². The van der Waals surface area contributed by atoms with Gasteiger partial charge < -0.3 is 9.47 Å². The Kier molecular flexibility index (Phi) is 3.85. The van der Waals surface area contributed by atoms with Crippen LogP contribution in [0.15, 0.2) is 97.1 Å². The highest BCUT2D eigenvalue weighted by Crippen LogP contribution is 2.49. The third-order valence-electron chi connectivity index (χ3n) is 8.25. The van der Waals surface area contributed by atoms with Gasteiger partial charge in [-0.15, -0.1) is 0 Å². The van der Waals surface area contributed by atoms with Crippen molar-refractivity contribution in [3.63, 3.8) is 0 Å². The van der Waals surface area contributed by atoms with Crippen LogP contribution in [0.3, 0.4) is 0 Å². The first kappa shape index (κ1) is 20.0. The highest BCUT2D eigenvalue weighted by atomic mass is 15.2. The second-order valence-corrected chi connectivity index (χ2v) is 10.4. The minimum Gasteiger partial charge on any atom is -0.307 e. The van der Waals surface area contributed by atoms with Gasteiger partial charge in [0.1, 0.15) is 0 Å². The van der Waals surface area contributed by atoms with Crippen LogP contribution in [-0.2, 0) is 0 Å². The van der Waals surface area contributed by atoms with E-state index in [1.54, 1.807) is 0 Å². The first-order chi connectivity index (χ1) is 17.6. The minimum atomic E-state index is 0.190. The summed E-state index contributed by atoms with van der Waals surface area (Å²) in [6, 6.07) is 36.2. The number of aryl methyl sites for hydroxylation is 3. The Bertz CT molecular complexity index is 1870. The lowest BCUT2D eigenvalue weighted by Gasteiger charge is -2.41. The van der Waals surface area contributed by atoms with Crippen molar-refractivity contribution in [1.82, 2.24) is 4.57 Å². The Morgan fingerprint density at radius 3 is 2.08 bits per heavy atom. The molecule has 0 unspecified atom stereocenters. The Hall–Kier alpha value is -4.24. The fourth-order valence-corrected chi connectivity index (χ4v) is 7.07. The molecule has 2 aliphatic rings. The third kappa shape index (κ3) is 2.38. The largest absolute Gasteiger partial charge is 0.307 e. The summed E-state index contributed by atoms with van der Waals surface area (Å²) in [6.45, 7) is 6.94. The summed E-state index contributed by atoms with van der Waals surface area (Å²) in [4.78, 5) is 2.52. The van der Waals surface area contributed by atoms with Crippen LogP contribution in [0.2, 0.25) is 0 Å². The van der Waals surface area contributed by atoms with E-state index in [0.717, 1.165) is 0 Å². The lowest BCUT2D eigenvalue weighted by atomic mass is 9.33. The molecule has 0 amide bonds. The van der Waals surface area contributed by atoms with E-state index in [4.69, 9.17) is 0 Å². The summed E-state index contributed by atoms with van der Waals surface area (Å²) in [6.07, 6.45) is 0.